The van der Waals surface area contributed by atoms with Crippen molar-refractivity contribution in [2.24, 2.45) is 0 Å². The lowest BCUT2D eigenvalue weighted by Gasteiger charge is -2.31. The number of carbonyl (C=O) groups is 2. The number of amides is 1. The highest BCUT2D eigenvalue weighted by Gasteiger charge is 2.46. The van der Waals surface area contributed by atoms with Crippen LogP contribution >= 0.6 is 11.8 Å². The van der Waals surface area contributed by atoms with Gasteiger partial charge in [0.25, 0.3) is 5.91 Å². The molecular weight excluding hydrogens is 319 g/mol. The maximum Gasteiger partial charge on any atom is 0.446 e. The van der Waals surface area contributed by atoms with Crippen molar-refractivity contribution in [3.63, 3.8) is 0 Å². The molecule has 1 unspecified atom stereocenters. The highest BCUT2D eigenvalue weighted by Crippen LogP contribution is 2.37. The van der Waals surface area contributed by atoms with Crippen LogP contribution < -0.4 is 0 Å². The van der Waals surface area contributed by atoms with E-state index in [2.05, 4.69) is 0 Å². The Kier molecular flexibility index (Phi) is 4.42. The van der Waals surface area contributed by atoms with E-state index >= 15 is 0 Å². The fraction of sp³-hybridized carbons (Fsp3) is 0.429. The van der Waals surface area contributed by atoms with Gasteiger partial charge in [-0.25, -0.2) is 4.79 Å². The predicted octanol–water partition coefficient (Wildman–Crippen LogP) is 3.38. The van der Waals surface area contributed by atoms with Crippen molar-refractivity contribution in [3.05, 3.63) is 29.8 Å². The van der Waals surface area contributed by atoms with E-state index in [-0.39, 0.29) is 22.2 Å². The number of benzene rings is 1. The quantitative estimate of drug-likeness (QED) is 0.862. The molecule has 1 aliphatic heterocycles. The Hall–Kier alpha value is -1.70. The third kappa shape index (κ3) is 3.37. The van der Waals surface area contributed by atoms with Gasteiger partial charge in [-0.2, -0.15) is 13.2 Å². The molecule has 1 N–H and O–H groups in total. The van der Waals surface area contributed by atoms with Gasteiger partial charge >= 0.3 is 11.5 Å². The lowest BCUT2D eigenvalue weighted by molar-refractivity contribution is -0.147. The van der Waals surface area contributed by atoms with Gasteiger partial charge in [-0.3, -0.25) is 4.79 Å². The van der Waals surface area contributed by atoms with Crippen LogP contribution in [0.25, 0.3) is 0 Å². The fourth-order valence-corrected chi connectivity index (χ4v) is 3.01. The van der Waals surface area contributed by atoms with Crippen LogP contribution in [0.15, 0.2) is 29.2 Å². The van der Waals surface area contributed by atoms with Crippen LogP contribution in [0.4, 0.5) is 13.2 Å². The molecule has 0 radical (unpaired) electrons. The molecule has 4 nitrogen and oxygen atoms in total. The zero-order chi connectivity index (χ0) is 16.5. The van der Waals surface area contributed by atoms with Gasteiger partial charge < -0.3 is 10.0 Å². The van der Waals surface area contributed by atoms with Gasteiger partial charge in [-0.05, 0) is 55.8 Å². The summed E-state index contributed by atoms with van der Waals surface area (Å²) in [6.45, 7) is 1.80. The summed E-state index contributed by atoms with van der Waals surface area (Å²) in [5.41, 5.74) is -5.47. The first-order valence-corrected chi connectivity index (χ1v) is 7.36. The third-order valence-corrected chi connectivity index (χ3v) is 4.42. The molecule has 1 saturated heterocycles. The second kappa shape index (κ2) is 5.83. The molecule has 0 spiro atoms. The molecule has 2 rings (SSSR count). The Morgan fingerprint density at radius 3 is 2.36 bits per heavy atom. The summed E-state index contributed by atoms with van der Waals surface area (Å²) < 4.78 is 36.8. The second-order valence-corrected chi connectivity index (χ2v) is 6.35. The number of alkyl halides is 3. The van der Waals surface area contributed by atoms with Crippen molar-refractivity contribution in [2.45, 2.75) is 35.7 Å². The predicted molar refractivity (Wildman–Crippen MR) is 74.7 cm³/mol. The standard InChI is InChI=1S/C14H14F3NO3S/c1-13(12(20)21)7-2-8-18(13)11(19)9-3-5-10(6-4-9)22-14(15,16)17/h3-6H,2,7-8H2,1H3,(H,20,21). The van der Waals surface area contributed by atoms with Crippen LogP contribution in [0, 0.1) is 0 Å². The number of carboxylic acids is 1. The fourth-order valence-electron chi connectivity index (χ4n) is 2.47. The van der Waals surface area contributed by atoms with Gasteiger partial charge in [-0.15, -0.1) is 0 Å². The van der Waals surface area contributed by atoms with Gasteiger partial charge in [0.05, 0.1) is 0 Å². The number of carbonyl (C=O) groups excluding carboxylic acids is 1. The number of rotatable bonds is 3. The van der Waals surface area contributed by atoms with E-state index in [1.807, 2.05) is 0 Å². The number of hydrogen-bond donors (Lipinski definition) is 1. The van der Waals surface area contributed by atoms with Crippen molar-refractivity contribution < 1.29 is 27.9 Å². The smallest absolute Gasteiger partial charge is 0.446 e. The van der Waals surface area contributed by atoms with Crippen molar-refractivity contribution in [2.75, 3.05) is 6.54 Å². The van der Waals surface area contributed by atoms with Crippen LogP contribution in [0.2, 0.25) is 0 Å². The molecule has 0 bridgehead atoms. The molecule has 1 aromatic carbocycles. The van der Waals surface area contributed by atoms with E-state index in [1.54, 1.807) is 0 Å². The largest absolute Gasteiger partial charge is 0.480 e. The number of hydrogen-bond acceptors (Lipinski definition) is 3. The van der Waals surface area contributed by atoms with E-state index in [4.69, 9.17) is 0 Å². The first kappa shape index (κ1) is 16.7. The van der Waals surface area contributed by atoms with Crippen LogP contribution in [-0.2, 0) is 4.79 Å². The van der Waals surface area contributed by atoms with E-state index in [9.17, 15) is 27.9 Å². The minimum absolute atomic E-state index is 0.0218. The van der Waals surface area contributed by atoms with Gasteiger partial charge in [0, 0.05) is 17.0 Å². The van der Waals surface area contributed by atoms with E-state index < -0.39 is 22.9 Å². The highest BCUT2D eigenvalue weighted by atomic mass is 32.2. The van der Waals surface area contributed by atoms with Gasteiger partial charge in [0.15, 0.2) is 0 Å². The Bertz CT molecular complexity index is 588. The second-order valence-electron chi connectivity index (χ2n) is 5.21. The number of carboxylic acid groups (broad SMARTS) is 1. The first-order chi connectivity index (χ1) is 10.1. The lowest BCUT2D eigenvalue weighted by atomic mass is 9.98. The Labute approximate surface area is 129 Å². The normalized spacial score (nSPS) is 21.9. The maximum atomic E-state index is 12.4. The van der Waals surface area contributed by atoms with Gasteiger partial charge in [0.2, 0.25) is 0 Å². The summed E-state index contributed by atoms with van der Waals surface area (Å²) >= 11 is -0.261. The van der Waals surface area contributed by atoms with Gasteiger partial charge in [0.1, 0.15) is 5.54 Å². The first-order valence-electron chi connectivity index (χ1n) is 6.55. The zero-order valence-electron chi connectivity index (χ0n) is 11.7. The molecular formula is C14H14F3NO3S. The monoisotopic (exact) mass is 333 g/mol. The third-order valence-electron chi connectivity index (χ3n) is 3.68. The van der Waals surface area contributed by atoms with Crippen LogP contribution in [0.3, 0.4) is 0 Å². The Balaban J connectivity index is 2.18. The van der Waals surface area contributed by atoms with Crippen molar-refractivity contribution in [1.82, 2.24) is 4.90 Å². The molecule has 1 amide bonds. The summed E-state index contributed by atoms with van der Waals surface area (Å²) in [5, 5.41) is 9.29. The van der Waals surface area contributed by atoms with Crippen molar-refractivity contribution in [1.29, 1.82) is 0 Å². The van der Waals surface area contributed by atoms with E-state index in [1.165, 1.54) is 36.1 Å². The molecule has 8 heteroatoms. The number of aliphatic carboxylic acids is 1. The SMILES string of the molecule is CC1(C(=O)O)CCCN1C(=O)c1ccc(SC(F)(F)F)cc1. The summed E-state index contributed by atoms with van der Waals surface area (Å²) in [6, 6.07) is 4.99. The maximum absolute atomic E-state index is 12.4. The van der Waals surface area contributed by atoms with Crippen LogP contribution in [0.5, 0.6) is 0 Å². The summed E-state index contributed by atoms with van der Waals surface area (Å²) in [6.07, 6.45) is 0.937. The molecule has 0 aliphatic carbocycles. The number of likely N-dealkylation sites (tertiary alicyclic amines) is 1. The minimum Gasteiger partial charge on any atom is -0.480 e. The number of nitrogens with zero attached hydrogens (tertiary/aromatic N) is 1. The average molecular weight is 333 g/mol. The summed E-state index contributed by atoms with van der Waals surface area (Å²) in [5.74, 6) is -1.56. The topological polar surface area (TPSA) is 57.6 Å². The molecule has 22 heavy (non-hydrogen) atoms. The molecule has 1 atom stereocenters. The molecule has 1 heterocycles. The minimum atomic E-state index is -4.39. The Morgan fingerprint density at radius 2 is 1.86 bits per heavy atom. The van der Waals surface area contributed by atoms with E-state index in [0.717, 1.165) is 0 Å². The average Bonchev–Trinajstić information content (AvgIpc) is 2.80. The Morgan fingerprint density at radius 1 is 1.27 bits per heavy atom. The van der Waals surface area contributed by atoms with Crippen LogP contribution in [0.1, 0.15) is 30.1 Å². The molecule has 1 aliphatic rings. The molecule has 0 saturated carbocycles. The van der Waals surface area contributed by atoms with Crippen molar-refractivity contribution >= 4 is 23.6 Å². The molecule has 1 aromatic rings. The van der Waals surface area contributed by atoms with Crippen LogP contribution in [-0.4, -0.2) is 39.5 Å². The summed E-state index contributed by atoms with van der Waals surface area (Å²) in [7, 11) is 0. The number of halogens is 3. The number of thioether (sulfide) groups is 1. The lowest BCUT2D eigenvalue weighted by Crippen LogP contribution is -2.50. The molecule has 120 valence electrons. The zero-order valence-corrected chi connectivity index (χ0v) is 12.5. The summed E-state index contributed by atoms with van der Waals surface area (Å²) in [4.78, 5) is 25.0. The molecule has 0 aromatic heterocycles. The van der Waals surface area contributed by atoms with E-state index in [0.29, 0.717) is 19.4 Å². The molecule has 1 fully saturated rings. The van der Waals surface area contributed by atoms with Gasteiger partial charge in [-0.1, -0.05) is 0 Å². The van der Waals surface area contributed by atoms with Crippen molar-refractivity contribution in [3.8, 4) is 0 Å². The highest BCUT2D eigenvalue weighted by molar-refractivity contribution is 8.00.